The van der Waals surface area contributed by atoms with Gasteiger partial charge in [-0.3, -0.25) is 14.4 Å². The molecule has 6 atom stereocenters. The van der Waals surface area contributed by atoms with E-state index in [2.05, 4.69) is 6.58 Å². The van der Waals surface area contributed by atoms with E-state index in [1.807, 2.05) is 26.8 Å². The van der Waals surface area contributed by atoms with Crippen molar-refractivity contribution in [1.82, 2.24) is 4.90 Å². The van der Waals surface area contributed by atoms with Crippen molar-refractivity contribution in [3.05, 3.63) is 41.9 Å². The molecule has 0 radical (unpaired) electrons. The number of aliphatic hydroxyl groups excluding tert-OH is 1. The van der Waals surface area contributed by atoms with Crippen LogP contribution in [0.25, 0.3) is 0 Å². The van der Waals surface area contributed by atoms with Crippen LogP contribution in [0.3, 0.4) is 0 Å². The van der Waals surface area contributed by atoms with Gasteiger partial charge in [0.2, 0.25) is 5.91 Å². The van der Waals surface area contributed by atoms with Crippen molar-refractivity contribution in [2.24, 2.45) is 17.8 Å². The molecule has 3 fully saturated rings. The predicted octanol–water partition coefficient (Wildman–Crippen LogP) is 4.31. The van der Waals surface area contributed by atoms with Gasteiger partial charge in [-0.15, -0.1) is 18.3 Å². The lowest BCUT2D eigenvalue weighted by atomic mass is 9.66. The Hall–Kier alpha value is -2.03. The van der Waals surface area contributed by atoms with Crippen LogP contribution in [-0.4, -0.2) is 69.1 Å². The molecule has 1 spiro atoms. The normalized spacial score (nSPS) is 30.9. The largest absolute Gasteiger partial charge is 0.466 e. The van der Waals surface area contributed by atoms with Crippen molar-refractivity contribution < 1.29 is 24.2 Å². The molecule has 2 amide bonds. The maximum absolute atomic E-state index is 14.6. The average Bonchev–Trinajstić information content (AvgIpc) is 3.42. The molecule has 3 aliphatic rings. The molecule has 202 valence electrons. The van der Waals surface area contributed by atoms with Crippen LogP contribution in [0.1, 0.15) is 47.0 Å². The fraction of sp³-hybridized carbons (Fsp3) is 0.607. The molecule has 1 N–H and O–H groups in total. The lowest BCUT2D eigenvalue weighted by molar-refractivity contribution is -0.155. The molecule has 4 rings (SSSR count). The van der Waals surface area contributed by atoms with Gasteiger partial charge in [0.1, 0.15) is 6.04 Å². The van der Waals surface area contributed by atoms with Gasteiger partial charge in [0.25, 0.3) is 5.91 Å². The quantitative estimate of drug-likeness (QED) is 0.346. The second kappa shape index (κ2) is 10.6. The van der Waals surface area contributed by atoms with Crippen molar-refractivity contribution in [2.45, 2.75) is 68.5 Å². The first-order valence-electron chi connectivity index (χ1n) is 13.0. The minimum atomic E-state index is -0.858. The number of fused-ring (bicyclic) bond motifs is 1. The minimum absolute atomic E-state index is 0.189. The van der Waals surface area contributed by atoms with Crippen molar-refractivity contribution in [3.63, 3.8) is 0 Å². The molecule has 2 bridgehead atoms. The average molecular weight is 549 g/mol. The zero-order chi connectivity index (χ0) is 27.1. The highest BCUT2D eigenvalue weighted by Crippen LogP contribution is 2.72. The van der Waals surface area contributed by atoms with Crippen LogP contribution in [0.15, 0.2) is 36.9 Å². The number of para-hydroxylation sites is 1. The summed E-state index contributed by atoms with van der Waals surface area (Å²) in [4.78, 5) is 45.3. The van der Waals surface area contributed by atoms with E-state index in [0.29, 0.717) is 30.0 Å². The van der Waals surface area contributed by atoms with E-state index in [0.717, 1.165) is 0 Å². The Morgan fingerprint density at radius 2 is 2.05 bits per heavy atom. The van der Waals surface area contributed by atoms with Crippen molar-refractivity contribution >= 4 is 46.8 Å². The number of hydrogen-bond donors (Lipinski definition) is 1. The summed E-state index contributed by atoms with van der Waals surface area (Å²) in [6.45, 7) is 11.8. The number of carbonyl (C=O) groups is 3. The van der Waals surface area contributed by atoms with Gasteiger partial charge < -0.3 is 19.6 Å². The van der Waals surface area contributed by atoms with Gasteiger partial charge in [-0.25, -0.2) is 0 Å². The van der Waals surface area contributed by atoms with Crippen molar-refractivity contribution in [2.75, 3.05) is 24.7 Å². The second-order valence-electron chi connectivity index (χ2n) is 10.9. The number of nitrogens with zero attached hydrogens (tertiary/aromatic N) is 2. The van der Waals surface area contributed by atoms with Gasteiger partial charge in [0.05, 0.1) is 46.5 Å². The summed E-state index contributed by atoms with van der Waals surface area (Å²) >= 11 is 8.11. The molecule has 1 aromatic carbocycles. The standard InChI is InChI=1S/C28H37ClN2O5S/c1-6-14-30(20-11-9-8-10-19(20)29)25(34)23-28-13-12-27(5,37-28)22(26(35)36-7-2)21(28)24(33)31(23)18(16-32)15-17(3)4/h6,8-11,17-18,21-23,32H,1,7,12-16H2,2-5H3/t18-,21+,22-,23?,27+,28?/m1/s1. The second-order valence-corrected chi connectivity index (χ2v) is 13.2. The van der Waals surface area contributed by atoms with Crippen LogP contribution in [-0.2, 0) is 19.1 Å². The van der Waals surface area contributed by atoms with Crippen LogP contribution in [0.4, 0.5) is 5.69 Å². The van der Waals surface area contributed by atoms with E-state index >= 15 is 0 Å². The van der Waals surface area contributed by atoms with Crippen LogP contribution in [0, 0.1) is 17.8 Å². The van der Waals surface area contributed by atoms with Gasteiger partial charge in [-0.2, -0.15) is 0 Å². The zero-order valence-electron chi connectivity index (χ0n) is 22.0. The number of hydrogen-bond acceptors (Lipinski definition) is 6. The third-order valence-electron chi connectivity index (χ3n) is 8.06. The Balaban J connectivity index is 1.87. The fourth-order valence-corrected chi connectivity index (χ4v) is 9.26. The molecule has 3 aliphatic heterocycles. The number of carbonyl (C=O) groups excluding carboxylic acids is 3. The van der Waals surface area contributed by atoms with Crippen LogP contribution >= 0.6 is 23.4 Å². The number of thioether (sulfide) groups is 1. The number of aliphatic hydroxyl groups is 1. The van der Waals surface area contributed by atoms with Gasteiger partial charge in [-0.05, 0) is 51.2 Å². The van der Waals surface area contributed by atoms with E-state index < -0.39 is 33.4 Å². The molecule has 0 aliphatic carbocycles. The topological polar surface area (TPSA) is 87.2 Å². The molecule has 37 heavy (non-hydrogen) atoms. The highest BCUT2D eigenvalue weighted by Gasteiger charge is 2.78. The van der Waals surface area contributed by atoms with Crippen molar-refractivity contribution in [1.29, 1.82) is 0 Å². The molecule has 3 heterocycles. The highest BCUT2D eigenvalue weighted by molar-refractivity contribution is 8.02. The highest BCUT2D eigenvalue weighted by atomic mass is 35.5. The summed E-state index contributed by atoms with van der Waals surface area (Å²) in [5, 5.41) is 10.9. The molecule has 7 nitrogen and oxygen atoms in total. The summed E-state index contributed by atoms with van der Waals surface area (Å²) < 4.78 is 4.15. The number of benzene rings is 1. The number of amides is 2. The number of likely N-dealkylation sites (tertiary alicyclic amines) is 1. The smallest absolute Gasteiger partial charge is 0.311 e. The molecular formula is C28H37ClN2O5S. The number of halogens is 1. The third-order valence-corrected chi connectivity index (χ3v) is 10.4. The first kappa shape index (κ1) is 28.0. The van der Waals surface area contributed by atoms with Gasteiger partial charge in [0.15, 0.2) is 0 Å². The van der Waals surface area contributed by atoms with E-state index in [4.69, 9.17) is 16.3 Å². The summed E-state index contributed by atoms with van der Waals surface area (Å²) in [5.41, 5.74) is 0.538. The van der Waals surface area contributed by atoms with E-state index in [1.54, 1.807) is 52.8 Å². The molecular weight excluding hydrogens is 512 g/mol. The summed E-state index contributed by atoms with van der Waals surface area (Å²) in [5.74, 6) is -2.05. The van der Waals surface area contributed by atoms with E-state index in [9.17, 15) is 19.5 Å². The predicted molar refractivity (Wildman–Crippen MR) is 147 cm³/mol. The Kier molecular flexibility index (Phi) is 8.03. The fourth-order valence-electron chi connectivity index (χ4n) is 6.70. The molecule has 2 unspecified atom stereocenters. The van der Waals surface area contributed by atoms with Crippen LogP contribution < -0.4 is 4.90 Å². The molecule has 9 heteroatoms. The summed E-state index contributed by atoms with van der Waals surface area (Å²) in [7, 11) is 0. The number of ether oxygens (including phenoxy) is 1. The monoisotopic (exact) mass is 548 g/mol. The summed E-state index contributed by atoms with van der Waals surface area (Å²) in [6.07, 6.45) is 3.49. The molecule has 1 aromatic rings. The Bertz CT molecular complexity index is 1080. The third kappa shape index (κ3) is 4.49. The number of rotatable bonds is 10. The molecule has 0 aromatic heterocycles. The van der Waals surface area contributed by atoms with Gasteiger partial charge >= 0.3 is 5.97 Å². The number of esters is 1. The first-order valence-corrected chi connectivity index (χ1v) is 14.2. The minimum Gasteiger partial charge on any atom is -0.466 e. The van der Waals surface area contributed by atoms with Crippen LogP contribution in [0.2, 0.25) is 5.02 Å². The van der Waals surface area contributed by atoms with Gasteiger partial charge in [0, 0.05) is 11.3 Å². The lowest BCUT2D eigenvalue weighted by Crippen LogP contribution is -2.58. The Morgan fingerprint density at radius 3 is 2.65 bits per heavy atom. The maximum Gasteiger partial charge on any atom is 0.311 e. The zero-order valence-corrected chi connectivity index (χ0v) is 23.6. The SMILES string of the molecule is C=CCN(C(=O)C1N([C@@H](CO)CC(C)C)C(=O)[C@@H]2[C@H](C(=O)OCC)[C@]3(C)CCC12S3)c1ccccc1Cl. The molecule has 3 saturated heterocycles. The number of anilines is 1. The summed E-state index contributed by atoms with van der Waals surface area (Å²) in [6, 6.07) is 5.71. The Labute approximate surface area is 228 Å². The molecule has 0 saturated carbocycles. The van der Waals surface area contributed by atoms with Crippen LogP contribution in [0.5, 0.6) is 0 Å². The van der Waals surface area contributed by atoms with Crippen molar-refractivity contribution in [3.8, 4) is 0 Å². The van der Waals surface area contributed by atoms with E-state index in [-0.39, 0.29) is 43.5 Å². The van der Waals surface area contributed by atoms with E-state index in [1.165, 1.54) is 0 Å². The maximum atomic E-state index is 14.6. The first-order chi connectivity index (χ1) is 17.6. The lowest BCUT2D eigenvalue weighted by Gasteiger charge is -2.40. The Morgan fingerprint density at radius 1 is 1.35 bits per heavy atom. The van der Waals surface area contributed by atoms with Gasteiger partial charge in [-0.1, -0.05) is 43.7 Å².